The van der Waals surface area contributed by atoms with Crippen molar-refractivity contribution in [2.24, 2.45) is 4.99 Å². The molecule has 0 amide bonds. The van der Waals surface area contributed by atoms with Gasteiger partial charge in [-0.1, -0.05) is 0 Å². The first kappa shape index (κ1) is 10.6. The van der Waals surface area contributed by atoms with E-state index >= 15 is 0 Å². The Bertz CT molecular complexity index is 439. The highest BCUT2D eigenvalue weighted by Gasteiger charge is 2.24. The summed E-state index contributed by atoms with van der Waals surface area (Å²) in [6, 6.07) is 6.35. The lowest BCUT2D eigenvalue weighted by molar-refractivity contribution is -0.384. The van der Waals surface area contributed by atoms with Gasteiger partial charge in [-0.25, -0.2) is 4.99 Å². The number of benzene rings is 1. The molecule has 1 heterocycles. The Labute approximate surface area is 92.9 Å². The Morgan fingerprint density at radius 3 is 2.38 bits per heavy atom. The Balaban J connectivity index is 2.23. The van der Waals surface area contributed by atoms with E-state index < -0.39 is 4.92 Å². The quantitative estimate of drug-likeness (QED) is 0.566. The lowest BCUT2D eigenvalue weighted by Gasteiger charge is -2.07. The van der Waals surface area contributed by atoms with Gasteiger partial charge in [-0.05, 0) is 26.0 Å². The fraction of sp³-hybridized carbons (Fsp3) is 0.364. The molecule has 2 atom stereocenters. The van der Waals surface area contributed by atoms with Gasteiger partial charge in [0.2, 0.25) is 5.90 Å². The molecule has 2 rings (SSSR count). The standard InChI is InChI=1S/C11H12N2O3/c1-7-8(2)16-11(12-7)9-3-5-10(6-4-9)13(14)15/h3-8H,1-2H3. The smallest absolute Gasteiger partial charge is 0.269 e. The minimum absolute atomic E-state index is 0.0604. The first-order valence-electron chi connectivity index (χ1n) is 5.07. The molecule has 1 aliphatic rings. The van der Waals surface area contributed by atoms with E-state index in [2.05, 4.69) is 4.99 Å². The summed E-state index contributed by atoms with van der Waals surface area (Å²) >= 11 is 0. The lowest BCUT2D eigenvalue weighted by atomic mass is 10.2. The molecular weight excluding hydrogens is 208 g/mol. The van der Waals surface area contributed by atoms with Crippen LogP contribution in [-0.4, -0.2) is 23.0 Å². The first-order chi connectivity index (χ1) is 7.58. The summed E-state index contributed by atoms with van der Waals surface area (Å²) in [4.78, 5) is 14.4. The van der Waals surface area contributed by atoms with Crippen molar-refractivity contribution in [3.63, 3.8) is 0 Å². The van der Waals surface area contributed by atoms with Crippen LogP contribution in [0, 0.1) is 10.1 Å². The Kier molecular flexibility index (Phi) is 2.60. The van der Waals surface area contributed by atoms with Crippen LogP contribution < -0.4 is 0 Å². The van der Waals surface area contributed by atoms with E-state index in [0.717, 1.165) is 5.56 Å². The van der Waals surface area contributed by atoms with Gasteiger partial charge in [-0.15, -0.1) is 0 Å². The van der Waals surface area contributed by atoms with Crippen molar-refractivity contribution in [1.82, 2.24) is 0 Å². The number of nitro benzene ring substituents is 1. The van der Waals surface area contributed by atoms with E-state index in [4.69, 9.17) is 4.74 Å². The molecule has 1 aromatic rings. The second kappa shape index (κ2) is 3.92. The van der Waals surface area contributed by atoms with Crippen LogP contribution in [0.1, 0.15) is 19.4 Å². The molecule has 84 valence electrons. The molecule has 0 N–H and O–H groups in total. The Morgan fingerprint density at radius 1 is 1.31 bits per heavy atom. The zero-order valence-corrected chi connectivity index (χ0v) is 9.08. The molecule has 0 aromatic heterocycles. The lowest BCUT2D eigenvalue weighted by Crippen LogP contribution is -2.14. The van der Waals surface area contributed by atoms with Crippen LogP contribution in [0.25, 0.3) is 0 Å². The van der Waals surface area contributed by atoms with Crippen LogP contribution in [0.2, 0.25) is 0 Å². The monoisotopic (exact) mass is 220 g/mol. The summed E-state index contributed by atoms with van der Waals surface area (Å²) in [5, 5.41) is 10.5. The molecule has 16 heavy (non-hydrogen) atoms. The molecular formula is C11H12N2O3. The van der Waals surface area contributed by atoms with Gasteiger partial charge in [0.25, 0.3) is 5.69 Å². The molecule has 0 radical (unpaired) electrons. The zero-order chi connectivity index (χ0) is 11.7. The van der Waals surface area contributed by atoms with E-state index in [-0.39, 0.29) is 17.8 Å². The third-order valence-corrected chi connectivity index (χ3v) is 2.62. The fourth-order valence-electron chi connectivity index (χ4n) is 1.46. The van der Waals surface area contributed by atoms with Crippen molar-refractivity contribution in [3.8, 4) is 0 Å². The van der Waals surface area contributed by atoms with Crippen LogP contribution in [0.5, 0.6) is 0 Å². The van der Waals surface area contributed by atoms with Gasteiger partial charge < -0.3 is 4.74 Å². The number of non-ortho nitro benzene ring substituents is 1. The number of nitro groups is 1. The molecule has 5 nitrogen and oxygen atoms in total. The molecule has 0 saturated heterocycles. The van der Waals surface area contributed by atoms with Crippen molar-refractivity contribution < 1.29 is 9.66 Å². The highest BCUT2D eigenvalue weighted by atomic mass is 16.6. The maximum absolute atomic E-state index is 10.5. The van der Waals surface area contributed by atoms with Crippen LogP contribution >= 0.6 is 0 Å². The normalized spacial score (nSPS) is 23.8. The largest absolute Gasteiger partial charge is 0.472 e. The first-order valence-corrected chi connectivity index (χ1v) is 5.07. The summed E-state index contributed by atoms with van der Waals surface area (Å²) in [6.45, 7) is 3.93. The molecule has 1 aliphatic heterocycles. The van der Waals surface area contributed by atoms with Gasteiger partial charge >= 0.3 is 0 Å². The van der Waals surface area contributed by atoms with Gasteiger partial charge in [0.05, 0.1) is 11.0 Å². The highest BCUT2D eigenvalue weighted by molar-refractivity contribution is 5.95. The molecule has 0 spiro atoms. The van der Waals surface area contributed by atoms with Gasteiger partial charge in [-0.2, -0.15) is 0 Å². The molecule has 0 bridgehead atoms. The molecule has 0 fully saturated rings. The Hall–Kier alpha value is -1.91. The van der Waals surface area contributed by atoms with E-state index in [0.29, 0.717) is 5.90 Å². The second-order valence-electron chi connectivity index (χ2n) is 3.80. The number of nitrogens with zero attached hydrogens (tertiary/aromatic N) is 2. The summed E-state index contributed by atoms with van der Waals surface area (Å²) in [7, 11) is 0. The Morgan fingerprint density at radius 2 is 1.94 bits per heavy atom. The van der Waals surface area contributed by atoms with E-state index in [1.807, 2.05) is 13.8 Å². The number of ether oxygens (including phenoxy) is 1. The summed E-state index contributed by atoms with van der Waals surface area (Å²) < 4.78 is 5.54. The van der Waals surface area contributed by atoms with Crippen molar-refractivity contribution in [2.75, 3.05) is 0 Å². The third kappa shape index (κ3) is 1.88. The number of rotatable bonds is 2. The van der Waals surface area contributed by atoms with E-state index in [1.165, 1.54) is 12.1 Å². The number of hydrogen-bond donors (Lipinski definition) is 0. The minimum Gasteiger partial charge on any atom is -0.472 e. The van der Waals surface area contributed by atoms with Crippen LogP contribution in [0.3, 0.4) is 0 Å². The van der Waals surface area contributed by atoms with E-state index in [1.54, 1.807) is 12.1 Å². The van der Waals surface area contributed by atoms with Crippen molar-refractivity contribution in [3.05, 3.63) is 39.9 Å². The van der Waals surface area contributed by atoms with Crippen molar-refractivity contribution in [1.29, 1.82) is 0 Å². The van der Waals surface area contributed by atoms with E-state index in [9.17, 15) is 10.1 Å². The van der Waals surface area contributed by atoms with Crippen molar-refractivity contribution in [2.45, 2.75) is 26.0 Å². The molecule has 2 unspecified atom stereocenters. The third-order valence-electron chi connectivity index (χ3n) is 2.62. The summed E-state index contributed by atoms with van der Waals surface area (Å²) in [5.74, 6) is 0.565. The predicted molar refractivity (Wildman–Crippen MR) is 59.6 cm³/mol. The van der Waals surface area contributed by atoms with Crippen molar-refractivity contribution >= 4 is 11.6 Å². The zero-order valence-electron chi connectivity index (χ0n) is 9.08. The molecule has 0 saturated carbocycles. The fourth-order valence-corrected chi connectivity index (χ4v) is 1.46. The topological polar surface area (TPSA) is 64.7 Å². The molecule has 5 heteroatoms. The van der Waals surface area contributed by atoms with Gasteiger partial charge in [0.15, 0.2) is 0 Å². The molecule has 0 aliphatic carbocycles. The molecule has 1 aromatic carbocycles. The SMILES string of the molecule is CC1N=C(c2ccc([N+](=O)[O-])cc2)OC1C. The van der Waals surface area contributed by atoms with Gasteiger partial charge in [0.1, 0.15) is 6.10 Å². The average Bonchev–Trinajstić information content (AvgIpc) is 2.59. The van der Waals surface area contributed by atoms with Gasteiger partial charge in [-0.3, -0.25) is 10.1 Å². The summed E-state index contributed by atoms with van der Waals surface area (Å²) in [5.41, 5.74) is 0.852. The maximum atomic E-state index is 10.5. The van der Waals surface area contributed by atoms with Gasteiger partial charge in [0, 0.05) is 17.7 Å². The van der Waals surface area contributed by atoms with Crippen LogP contribution in [0.4, 0.5) is 5.69 Å². The number of hydrogen-bond acceptors (Lipinski definition) is 4. The number of aliphatic imine (C=N–C) groups is 1. The highest BCUT2D eigenvalue weighted by Crippen LogP contribution is 2.19. The van der Waals surface area contributed by atoms with Crippen LogP contribution in [-0.2, 0) is 4.74 Å². The van der Waals surface area contributed by atoms with Crippen LogP contribution in [0.15, 0.2) is 29.3 Å². The predicted octanol–water partition coefficient (Wildman–Crippen LogP) is 2.15. The second-order valence-corrected chi connectivity index (χ2v) is 3.80. The minimum atomic E-state index is -0.424. The maximum Gasteiger partial charge on any atom is 0.269 e. The average molecular weight is 220 g/mol. The summed E-state index contributed by atoms with van der Waals surface area (Å²) in [6.07, 6.45) is 0.0604.